The summed E-state index contributed by atoms with van der Waals surface area (Å²) >= 11 is 0. The number of hydrogen-bond acceptors (Lipinski definition) is 4. The first-order valence-corrected chi connectivity index (χ1v) is 6.72. The molecule has 0 spiro atoms. The average Bonchev–Trinajstić information content (AvgIpc) is 2.97. The maximum atomic E-state index is 11.0. The molecule has 5 heteroatoms. The Balaban J connectivity index is 1.86. The fourth-order valence-corrected chi connectivity index (χ4v) is 2.23. The van der Waals surface area contributed by atoms with E-state index in [2.05, 4.69) is 39.7 Å². The number of amides is 1. The van der Waals surface area contributed by atoms with Gasteiger partial charge in [-0.25, -0.2) is 0 Å². The predicted octanol–water partition coefficient (Wildman–Crippen LogP) is 0.753. The summed E-state index contributed by atoms with van der Waals surface area (Å²) in [5.41, 5.74) is 0.808. The number of nitrogens with one attached hydrogen (secondary N) is 3. The first-order chi connectivity index (χ1) is 9.77. The lowest BCUT2D eigenvalue weighted by Crippen LogP contribution is -2.41. The molecule has 0 radical (unpaired) electrons. The van der Waals surface area contributed by atoms with E-state index in [1.165, 1.54) is 6.08 Å². The molecule has 1 aliphatic rings. The van der Waals surface area contributed by atoms with Crippen LogP contribution < -0.4 is 16.0 Å². The largest absolute Gasteiger partial charge is 0.340 e. The molecular formula is C15H20N4O. The fraction of sp³-hybridized carbons (Fsp3) is 0.333. The molecule has 0 saturated carbocycles. The maximum absolute atomic E-state index is 11.0. The van der Waals surface area contributed by atoms with Gasteiger partial charge >= 0.3 is 0 Å². The van der Waals surface area contributed by atoms with E-state index in [-0.39, 0.29) is 11.6 Å². The van der Waals surface area contributed by atoms with E-state index in [1.54, 1.807) is 0 Å². The normalized spacial score (nSPS) is 20.8. The SMILES string of the molecule is C=CC(=O)NCNCCC1(c2ccccc2)N=CCN1. The van der Waals surface area contributed by atoms with Gasteiger partial charge in [-0.2, -0.15) is 0 Å². The van der Waals surface area contributed by atoms with Gasteiger partial charge < -0.3 is 5.32 Å². The van der Waals surface area contributed by atoms with Gasteiger partial charge in [-0.3, -0.25) is 20.4 Å². The molecule has 0 aliphatic carbocycles. The Morgan fingerprint density at radius 1 is 1.45 bits per heavy atom. The van der Waals surface area contributed by atoms with Crippen LogP contribution in [0.15, 0.2) is 48.0 Å². The van der Waals surface area contributed by atoms with Crippen LogP contribution in [-0.2, 0) is 10.5 Å². The first kappa shape index (κ1) is 14.4. The van der Waals surface area contributed by atoms with Crippen molar-refractivity contribution in [1.29, 1.82) is 0 Å². The third-order valence-corrected chi connectivity index (χ3v) is 3.29. The van der Waals surface area contributed by atoms with E-state index in [4.69, 9.17) is 0 Å². The maximum Gasteiger partial charge on any atom is 0.244 e. The highest BCUT2D eigenvalue weighted by molar-refractivity contribution is 5.86. The van der Waals surface area contributed by atoms with Crippen LogP contribution in [0.3, 0.4) is 0 Å². The van der Waals surface area contributed by atoms with Crippen molar-refractivity contribution in [2.24, 2.45) is 4.99 Å². The van der Waals surface area contributed by atoms with Gasteiger partial charge in [0.2, 0.25) is 5.91 Å². The van der Waals surface area contributed by atoms with Crippen LogP contribution in [0.2, 0.25) is 0 Å². The van der Waals surface area contributed by atoms with Crippen LogP contribution in [0.4, 0.5) is 0 Å². The van der Waals surface area contributed by atoms with Gasteiger partial charge in [0, 0.05) is 25.7 Å². The Labute approximate surface area is 119 Å². The number of carbonyl (C=O) groups is 1. The Kier molecular flexibility index (Phi) is 5.03. The highest BCUT2D eigenvalue weighted by Gasteiger charge is 2.32. The Morgan fingerprint density at radius 3 is 2.90 bits per heavy atom. The zero-order valence-corrected chi connectivity index (χ0v) is 11.4. The summed E-state index contributed by atoms with van der Waals surface area (Å²) in [7, 11) is 0. The molecule has 20 heavy (non-hydrogen) atoms. The zero-order valence-electron chi connectivity index (χ0n) is 11.4. The lowest BCUT2D eigenvalue weighted by molar-refractivity contribution is -0.116. The van der Waals surface area contributed by atoms with E-state index < -0.39 is 0 Å². The molecule has 1 amide bonds. The molecule has 1 atom stereocenters. The molecule has 3 N–H and O–H groups in total. The lowest BCUT2D eigenvalue weighted by atomic mass is 9.97. The number of carbonyl (C=O) groups excluding carboxylic acids is 1. The van der Waals surface area contributed by atoms with Crippen molar-refractivity contribution in [3.05, 3.63) is 48.6 Å². The van der Waals surface area contributed by atoms with Gasteiger partial charge in [0.05, 0.1) is 6.67 Å². The van der Waals surface area contributed by atoms with Crippen molar-refractivity contribution < 1.29 is 4.79 Å². The third-order valence-electron chi connectivity index (χ3n) is 3.29. The van der Waals surface area contributed by atoms with Crippen molar-refractivity contribution in [3.63, 3.8) is 0 Å². The average molecular weight is 272 g/mol. The van der Waals surface area contributed by atoms with Gasteiger partial charge in [-0.15, -0.1) is 0 Å². The molecule has 1 heterocycles. The summed E-state index contributed by atoms with van der Waals surface area (Å²) in [5, 5.41) is 9.29. The van der Waals surface area contributed by atoms with Crippen molar-refractivity contribution in [3.8, 4) is 0 Å². The monoisotopic (exact) mass is 272 g/mol. The summed E-state index contributed by atoms with van der Waals surface area (Å²) in [6.45, 7) is 5.36. The van der Waals surface area contributed by atoms with E-state index in [1.807, 2.05) is 24.4 Å². The first-order valence-electron chi connectivity index (χ1n) is 6.72. The molecule has 0 bridgehead atoms. The Morgan fingerprint density at radius 2 is 2.25 bits per heavy atom. The van der Waals surface area contributed by atoms with Crippen LogP contribution in [0.1, 0.15) is 12.0 Å². The molecule has 2 rings (SSSR count). The van der Waals surface area contributed by atoms with Crippen LogP contribution in [-0.4, -0.2) is 31.9 Å². The minimum atomic E-state index is -0.350. The van der Waals surface area contributed by atoms with Gasteiger partial charge in [-0.05, 0) is 11.6 Å². The van der Waals surface area contributed by atoms with Crippen molar-refractivity contribution in [2.75, 3.05) is 19.8 Å². The summed E-state index contributed by atoms with van der Waals surface area (Å²) in [6.07, 6.45) is 3.99. The van der Waals surface area contributed by atoms with Gasteiger partial charge in [0.1, 0.15) is 5.66 Å². The van der Waals surface area contributed by atoms with E-state index >= 15 is 0 Å². The van der Waals surface area contributed by atoms with Gasteiger partial charge in [0.15, 0.2) is 0 Å². The minimum absolute atomic E-state index is 0.174. The quantitative estimate of drug-likeness (QED) is 0.390. The van der Waals surface area contributed by atoms with E-state index in [0.717, 1.165) is 25.1 Å². The van der Waals surface area contributed by atoms with Crippen LogP contribution in [0.5, 0.6) is 0 Å². The molecule has 1 aromatic rings. The van der Waals surface area contributed by atoms with Crippen molar-refractivity contribution in [2.45, 2.75) is 12.1 Å². The number of benzene rings is 1. The summed E-state index contributed by atoms with van der Waals surface area (Å²) < 4.78 is 0. The molecule has 106 valence electrons. The standard InChI is InChI=1S/C15H20N4O/c1-2-14(20)17-12-16-9-8-15(18-10-11-19-15)13-6-4-3-5-7-13/h2-7,10,16,19H,1,8-9,11-12H2,(H,17,20). The van der Waals surface area contributed by atoms with Gasteiger partial charge in [-0.1, -0.05) is 36.9 Å². The molecule has 0 aromatic heterocycles. The topological polar surface area (TPSA) is 65.5 Å². The van der Waals surface area contributed by atoms with Gasteiger partial charge in [0.25, 0.3) is 0 Å². The second-order valence-electron chi connectivity index (χ2n) is 4.59. The van der Waals surface area contributed by atoms with E-state index in [9.17, 15) is 4.79 Å². The smallest absolute Gasteiger partial charge is 0.244 e. The molecule has 0 saturated heterocycles. The molecule has 5 nitrogen and oxygen atoms in total. The molecule has 1 unspecified atom stereocenters. The second-order valence-corrected chi connectivity index (χ2v) is 4.59. The second kappa shape index (κ2) is 6.98. The van der Waals surface area contributed by atoms with Crippen LogP contribution in [0, 0.1) is 0 Å². The van der Waals surface area contributed by atoms with Crippen molar-refractivity contribution >= 4 is 12.1 Å². The zero-order chi connectivity index (χ0) is 14.3. The number of nitrogens with zero attached hydrogens (tertiary/aromatic N) is 1. The number of rotatable bonds is 7. The number of aliphatic imine (C=N–C) groups is 1. The van der Waals surface area contributed by atoms with Crippen LogP contribution in [0.25, 0.3) is 0 Å². The predicted molar refractivity (Wildman–Crippen MR) is 80.4 cm³/mol. The lowest BCUT2D eigenvalue weighted by Gasteiger charge is -2.27. The molecule has 1 aromatic carbocycles. The summed E-state index contributed by atoms with van der Waals surface area (Å²) in [5.74, 6) is -0.174. The Bertz CT molecular complexity index is 486. The summed E-state index contributed by atoms with van der Waals surface area (Å²) in [4.78, 5) is 15.6. The molecule has 0 fully saturated rings. The highest BCUT2D eigenvalue weighted by atomic mass is 16.1. The van der Waals surface area contributed by atoms with E-state index in [0.29, 0.717) is 6.67 Å². The third kappa shape index (κ3) is 3.53. The van der Waals surface area contributed by atoms with Crippen LogP contribution >= 0.6 is 0 Å². The fourth-order valence-electron chi connectivity index (χ4n) is 2.23. The Hall–Kier alpha value is -1.98. The number of hydrogen-bond donors (Lipinski definition) is 3. The summed E-state index contributed by atoms with van der Waals surface area (Å²) in [6, 6.07) is 10.2. The minimum Gasteiger partial charge on any atom is -0.340 e. The molecule has 1 aliphatic heterocycles. The molecular weight excluding hydrogens is 252 g/mol. The highest BCUT2D eigenvalue weighted by Crippen LogP contribution is 2.28. The van der Waals surface area contributed by atoms with Crippen molar-refractivity contribution in [1.82, 2.24) is 16.0 Å².